The minimum atomic E-state index is -4.58. The van der Waals surface area contributed by atoms with Gasteiger partial charge in [0.25, 0.3) is 5.91 Å². The van der Waals surface area contributed by atoms with Crippen molar-refractivity contribution in [2.24, 2.45) is 5.92 Å². The molecule has 2 rings (SSSR count). The standard InChI is InChI=1S/C16H21F3N6O2/c1-4-24-8-11(14(23-24)15(27)20-7-10(2)3)21-13(26)9-25-6-5-12(22-25)16(17,18)19/h5-6,8,10H,4,7,9H2,1-3H3,(H,20,27)(H,21,26). The van der Waals surface area contributed by atoms with Gasteiger partial charge in [0, 0.05) is 25.5 Å². The van der Waals surface area contributed by atoms with Gasteiger partial charge in [-0.2, -0.15) is 23.4 Å². The van der Waals surface area contributed by atoms with Crippen LogP contribution in [-0.4, -0.2) is 37.9 Å². The monoisotopic (exact) mass is 386 g/mol. The molecule has 0 aliphatic heterocycles. The van der Waals surface area contributed by atoms with Crippen LogP contribution in [0.2, 0.25) is 0 Å². The van der Waals surface area contributed by atoms with Crippen LogP contribution < -0.4 is 10.6 Å². The number of hydrogen-bond acceptors (Lipinski definition) is 4. The minimum Gasteiger partial charge on any atom is -0.350 e. The van der Waals surface area contributed by atoms with Crippen molar-refractivity contribution >= 4 is 17.5 Å². The molecule has 27 heavy (non-hydrogen) atoms. The molecule has 8 nitrogen and oxygen atoms in total. The van der Waals surface area contributed by atoms with Gasteiger partial charge in [0.2, 0.25) is 5.91 Å². The van der Waals surface area contributed by atoms with E-state index in [2.05, 4.69) is 20.8 Å². The lowest BCUT2D eigenvalue weighted by molar-refractivity contribution is -0.141. The molecule has 2 aromatic heterocycles. The second-order valence-electron chi connectivity index (χ2n) is 6.30. The first kappa shape index (κ1) is 20.5. The maximum Gasteiger partial charge on any atom is 0.435 e. The molecule has 2 N–H and O–H groups in total. The van der Waals surface area contributed by atoms with E-state index in [1.54, 1.807) is 0 Å². The summed E-state index contributed by atoms with van der Waals surface area (Å²) < 4.78 is 40.1. The Morgan fingerprint density at radius 1 is 1.22 bits per heavy atom. The summed E-state index contributed by atoms with van der Waals surface area (Å²) in [6, 6.07) is 0.785. The zero-order valence-electron chi connectivity index (χ0n) is 15.2. The number of carbonyl (C=O) groups is 2. The smallest absolute Gasteiger partial charge is 0.350 e. The molecule has 0 fully saturated rings. The van der Waals surface area contributed by atoms with E-state index in [1.165, 1.54) is 10.9 Å². The maximum absolute atomic E-state index is 12.6. The number of alkyl halides is 3. The van der Waals surface area contributed by atoms with E-state index in [4.69, 9.17) is 0 Å². The van der Waals surface area contributed by atoms with Crippen LogP contribution in [-0.2, 0) is 24.1 Å². The van der Waals surface area contributed by atoms with E-state index in [9.17, 15) is 22.8 Å². The van der Waals surface area contributed by atoms with E-state index >= 15 is 0 Å². The van der Waals surface area contributed by atoms with E-state index in [1.807, 2.05) is 20.8 Å². The molecule has 0 aromatic carbocycles. The molecule has 0 aliphatic rings. The molecule has 0 saturated heterocycles. The average Bonchev–Trinajstić information content (AvgIpc) is 3.19. The first-order valence-corrected chi connectivity index (χ1v) is 8.36. The number of aryl methyl sites for hydroxylation is 1. The highest BCUT2D eigenvalue weighted by atomic mass is 19.4. The molecule has 0 aliphatic carbocycles. The summed E-state index contributed by atoms with van der Waals surface area (Å²) >= 11 is 0. The van der Waals surface area contributed by atoms with Crippen LogP contribution >= 0.6 is 0 Å². The fraction of sp³-hybridized carbons (Fsp3) is 0.500. The quantitative estimate of drug-likeness (QED) is 0.762. The Morgan fingerprint density at radius 2 is 1.93 bits per heavy atom. The van der Waals surface area contributed by atoms with Gasteiger partial charge >= 0.3 is 6.18 Å². The third-order valence-electron chi connectivity index (χ3n) is 3.48. The highest BCUT2D eigenvalue weighted by molar-refractivity contribution is 6.02. The van der Waals surface area contributed by atoms with Crippen molar-refractivity contribution in [2.75, 3.05) is 11.9 Å². The van der Waals surface area contributed by atoms with Crippen LogP contribution in [0.25, 0.3) is 0 Å². The number of anilines is 1. The number of hydrogen-bond donors (Lipinski definition) is 2. The first-order valence-electron chi connectivity index (χ1n) is 8.36. The van der Waals surface area contributed by atoms with Crippen molar-refractivity contribution in [1.29, 1.82) is 0 Å². The molecule has 2 heterocycles. The third-order valence-corrected chi connectivity index (χ3v) is 3.48. The summed E-state index contributed by atoms with van der Waals surface area (Å²) in [6.45, 7) is 6.18. The summed E-state index contributed by atoms with van der Waals surface area (Å²) in [5.41, 5.74) is -0.851. The maximum atomic E-state index is 12.6. The van der Waals surface area contributed by atoms with Crippen LogP contribution in [0, 0.1) is 5.92 Å². The van der Waals surface area contributed by atoms with Crippen LogP contribution in [0.4, 0.5) is 18.9 Å². The topological polar surface area (TPSA) is 93.8 Å². The molecule has 148 valence electrons. The molecule has 0 saturated carbocycles. The minimum absolute atomic E-state index is 0.0438. The molecule has 0 unspecified atom stereocenters. The molecule has 0 bridgehead atoms. The molecule has 11 heteroatoms. The highest BCUT2D eigenvalue weighted by Crippen LogP contribution is 2.27. The fourth-order valence-corrected chi connectivity index (χ4v) is 2.16. The Labute approximate surface area is 153 Å². The Kier molecular flexibility index (Phi) is 6.24. The Morgan fingerprint density at radius 3 is 2.48 bits per heavy atom. The molecule has 0 spiro atoms. The van der Waals surface area contributed by atoms with Gasteiger partial charge in [-0.05, 0) is 18.9 Å². The zero-order valence-corrected chi connectivity index (χ0v) is 15.2. The second kappa shape index (κ2) is 8.23. The summed E-state index contributed by atoms with van der Waals surface area (Å²) in [6.07, 6.45) is -2.02. The molecular weight excluding hydrogens is 365 g/mol. The Hall–Kier alpha value is -2.85. The van der Waals surface area contributed by atoms with Crippen molar-refractivity contribution in [3.05, 3.63) is 29.8 Å². The van der Waals surface area contributed by atoms with Crippen molar-refractivity contribution in [3.63, 3.8) is 0 Å². The van der Waals surface area contributed by atoms with Crippen LogP contribution in [0.15, 0.2) is 18.5 Å². The van der Waals surface area contributed by atoms with Gasteiger partial charge < -0.3 is 10.6 Å². The van der Waals surface area contributed by atoms with Gasteiger partial charge in [0.05, 0.1) is 5.69 Å². The molecule has 0 atom stereocenters. The van der Waals surface area contributed by atoms with Crippen molar-refractivity contribution < 1.29 is 22.8 Å². The fourth-order valence-electron chi connectivity index (χ4n) is 2.16. The molecular formula is C16H21F3N6O2. The Balaban J connectivity index is 2.09. The predicted octanol–water partition coefficient (Wildman–Crippen LogP) is 2.14. The number of aromatic nitrogens is 4. The van der Waals surface area contributed by atoms with E-state index in [0.717, 1.165) is 16.9 Å². The molecule has 2 amide bonds. The summed E-state index contributed by atoms with van der Waals surface area (Å²) in [5, 5.41) is 12.7. The first-order chi connectivity index (χ1) is 12.6. The molecule has 2 aromatic rings. The molecule has 0 radical (unpaired) electrons. The normalized spacial score (nSPS) is 11.7. The van der Waals surface area contributed by atoms with Crippen LogP contribution in [0.3, 0.4) is 0 Å². The third kappa shape index (κ3) is 5.56. The number of rotatable bonds is 7. The van der Waals surface area contributed by atoms with Gasteiger partial charge in [-0.1, -0.05) is 13.8 Å². The summed E-state index contributed by atoms with van der Waals surface area (Å²) in [5.74, 6) is -0.826. The number of nitrogens with zero attached hydrogens (tertiary/aromatic N) is 4. The van der Waals surface area contributed by atoms with Crippen molar-refractivity contribution in [2.45, 2.75) is 40.0 Å². The highest BCUT2D eigenvalue weighted by Gasteiger charge is 2.33. The lowest BCUT2D eigenvalue weighted by Crippen LogP contribution is -2.29. The predicted molar refractivity (Wildman–Crippen MR) is 90.9 cm³/mol. The lowest BCUT2D eigenvalue weighted by Gasteiger charge is -2.08. The lowest BCUT2D eigenvalue weighted by atomic mass is 10.2. The average molecular weight is 386 g/mol. The zero-order chi connectivity index (χ0) is 20.2. The van der Waals surface area contributed by atoms with Gasteiger partial charge in [0.1, 0.15) is 6.54 Å². The van der Waals surface area contributed by atoms with Gasteiger partial charge in [-0.15, -0.1) is 0 Å². The number of halogens is 3. The van der Waals surface area contributed by atoms with E-state index in [0.29, 0.717) is 13.1 Å². The summed E-state index contributed by atoms with van der Waals surface area (Å²) in [4.78, 5) is 24.4. The summed E-state index contributed by atoms with van der Waals surface area (Å²) in [7, 11) is 0. The number of amides is 2. The van der Waals surface area contributed by atoms with Crippen molar-refractivity contribution in [3.8, 4) is 0 Å². The van der Waals surface area contributed by atoms with E-state index < -0.39 is 30.2 Å². The van der Waals surface area contributed by atoms with E-state index in [-0.39, 0.29) is 17.3 Å². The van der Waals surface area contributed by atoms with Gasteiger partial charge in [-0.3, -0.25) is 19.0 Å². The number of carbonyl (C=O) groups excluding carboxylic acids is 2. The van der Waals surface area contributed by atoms with Crippen molar-refractivity contribution in [1.82, 2.24) is 24.9 Å². The Bertz CT molecular complexity index is 809. The van der Waals surface area contributed by atoms with Gasteiger partial charge in [0.15, 0.2) is 11.4 Å². The van der Waals surface area contributed by atoms with Crippen LogP contribution in [0.5, 0.6) is 0 Å². The largest absolute Gasteiger partial charge is 0.435 e. The number of nitrogens with one attached hydrogen (secondary N) is 2. The SMILES string of the molecule is CCn1cc(NC(=O)Cn2ccc(C(F)(F)F)n2)c(C(=O)NCC(C)C)n1. The van der Waals surface area contributed by atoms with Gasteiger partial charge in [-0.25, -0.2) is 0 Å². The van der Waals surface area contributed by atoms with Crippen LogP contribution in [0.1, 0.15) is 37.0 Å². The second-order valence-corrected chi connectivity index (χ2v) is 6.30.